The van der Waals surface area contributed by atoms with Crippen LogP contribution in [-0.2, 0) is 11.4 Å². The number of rotatable bonds is 9. The fraction of sp³-hybridized carbons (Fsp3) is 0.174. The van der Waals surface area contributed by atoms with Crippen molar-refractivity contribution in [3.05, 3.63) is 76.3 Å². The second-order valence-corrected chi connectivity index (χ2v) is 8.49. The van der Waals surface area contributed by atoms with Crippen LogP contribution in [-0.4, -0.2) is 16.6 Å². The number of anilines is 1. The molecule has 152 valence electrons. The van der Waals surface area contributed by atoms with Gasteiger partial charge in [0.1, 0.15) is 12.4 Å². The summed E-state index contributed by atoms with van der Waals surface area (Å²) in [6.45, 7) is 2.38. The molecule has 30 heavy (non-hydrogen) atoms. The number of aromatic nitrogens is 1. The molecule has 0 saturated carbocycles. The molecule has 1 amide bonds. The predicted octanol–water partition coefficient (Wildman–Crippen LogP) is 5.69. The average molecular weight is 436 g/mol. The van der Waals surface area contributed by atoms with Gasteiger partial charge < -0.3 is 10.1 Å². The van der Waals surface area contributed by atoms with Gasteiger partial charge in [0.15, 0.2) is 0 Å². The standard InChI is InChI=1S/C23H21N3O2S2/c1-17-25-19(16-30-17)15-28-20-7-4-6-18(14-20)10-11-23(27)26-21-8-2-3-9-22(21)29-13-5-12-24/h2-4,6-11,14,16H,5,13,15H2,1H3,(H,26,27)/b11-10+. The molecule has 0 unspecified atom stereocenters. The minimum atomic E-state index is -0.215. The normalized spacial score (nSPS) is 10.7. The molecule has 0 bridgehead atoms. The maximum atomic E-state index is 12.4. The number of para-hydroxylation sites is 1. The number of nitriles is 1. The third kappa shape index (κ3) is 6.76. The van der Waals surface area contributed by atoms with E-state index in [1.807, 2.05) is 60.8 Å². The molecule has 0 atom stereocenters. The van der Waals surface area contributed by atoms with Crippen LogP contribution in [0.2, 0.25) is 0 Å². The number of benzene rings is 2. The average Bonchev–Trinajstić information content (AvgIpc) is 3.18. The molecule has 1 N–H and O–H groups in total. The van der Waals surface area contributed by atoms with Gasteiger partial charge in [0, 0.05) is 28.5 Å². The Kier molecular flexibility index (Phi) is 8.07. The highest BCUT2D eigenvalue weighted by Crippen LogP contribution is 2.27. The van der Waals surface area contributed by atoms with Crippen molar-refractivity contribution in [2.75, 3.05) is 11.1 Å². The molecule has 0 aliphatic carbocycles. The second-order valence-electron chi connectivity index (χ2n) is 6.29. The van der Waals surface area contributed by atoms with Crippen molar-refractivity contribution < 1.29 is 9.53 Å². The topological polar surface area (TPSA) is 75.0 Å². The van der Waals surface area contributed by atoms with Crippen molar-refractivity contribution >= 4 is 40.8 Å². The van der Waals surface area contributed by atoms with Gasteiger partial charge in [-0.3, -0.25) is 4.79 Å². The Morgan fingerprint density at radius 3 is 2.97 bits per heavy atom. The van der Waals surface area contributed by atoms with Crippen LogP contribution < -0.4 is 10.1 Å². The SMILES string of the molecule is Cc1nc(COc2cccc(/C=C/C(=O)Nc3ccccc3SCCC#N)c2)cs1. The first kappa shape index (κ1) is 21.6. The molecule has 0 aliphatic rings. The van der Waals surface area contributed by atoms with E-state index in [9.17, 15) is 4.79 Å². The van der Waals surface area contributed by atoms with Crippen LogP contribution in [0.15, 0.2) is 64.9 Å². The summed E-state index contributed by atoms with van der Waals surface area (Å²) in [5.41, 5.74) is 2.52. The molecule has 0 fully saturated rings. The molecule has 0 radical (unpaired) electrons. The lowest BCUT2D eigenvalue weighted by atomic mass is 10.2. The molecule has 1 heterocycles. The van der Waals surface area contributed by atoms with E-state index in [2.05, 4.69) is 16.4 Å². The van der Waals surface area contributed by atoms with Crippen LogP contribution in [0, 0.1) is 18.3 Å². The molecule has 0 spiro atoms. The summed E-state index contributed by atoms with van der Waals surface area (Å²) in [6.07, 6.45) is 3.72. The van der Waals surface area contributed by atoms with Crippen LogP contribution in [0.1, 0.15) is 22.7 Å². The van der Waals surface area contributed by atoms with Gasteiger partial charge in [-0.05, 0) is 42.8 Å². The highest BCUT2D eigenvalue weighted by atomic mass is 32.2. The van der Waals surface area contributed by atoms with Crippen molar-refractivity contribution in [3.8, 4) is 11.8 Å². The predicted molar refractivity (Wildman–Crippen MR) is 123 cm³/mol. The minimum Gasteiger partial charge on any atom is -0.487 e. The van der Waals surface area contributed by atoms with Gasteiger partial charge in [-0.15, -0.1) is 23.1 Å². The fourth-order valence-corrected chi connectivity index (χ4v) is 4.05. The summed E-state index contributed by atoms with van der Waals surface area (Å²) in [5, 5.41) is 14.6. The molecule has 0 saturated heterocycles. The van der Waals surface area contributed by atoms with Crippen LogP contribution in [0.3, 0.4) is 0 Å². The fourth-order valence-electron chi connectivity index (χ4n) is 2.59. The molecule has 3 rings (SSSR count). The molecule has 1 aromatic heterocycles. The minimum absolute atomic E-state index is 0.215. The van der Waals surface area contributed by atoms with Crippen molar-refractivity contribution in [1.29, 1.82) is 5.26 Å². The summed E-state index contributed by atoms with van der Waals surface area (Å²) in [6, 6.07) is 17.3. The Morgan fingerprint density at radius 2 is 2.17 bits per heavy atom. The van der Waals surface area contributed by atoms with Crippen LogP contribution in [0.25, 0.3) is 6.08 Å². The molecular formula is C23H21N3O2S2. The smallest absolute Gasteiger partial charge is 0.248 e. The van der Waals surface area contributed by atoms with Crippen LogP contribution in [0.4, 0.5) is 5.69 Å². The lowest BCUT2D eigenvalue weighted by molar-refractivity contribution is -0.111. The lowest BCUT2D eigenvalue weighted by Crippen LogP contribution is -2.08. The number of amides is 1. The number of hydrogen-bond donors (Lipinski definition) is 1. The number of ether oxygens (including phenoxy) is 1. The van der Waals surface area contributed by atoms with E-state index < -0.39 is 0 Å². The molecule has 0 aliphatic heterocycles. The number of nitrogens with zero attached hydrogens (tertiary/aromatic N) is 2. The Hall–Kier alpha value is -3.08. The molecular weight excluding hydrogens is 414 g/mol. The van der Waals surface area contributed by atoms with Gasteiger partial charge in [0.2, 0.25) is 5.91 Å². The highest BCUT2D eigenvalue weighted by Gasteiger charge is 2.05. The quantitative estimate of drug-likeness (QED) is 0.265. The first-order valence-electron chi connectivity index (χ1n) is 9.36. The van der Waals surface area contributed by atoms with Gasteiger partial charge in [-0.2, -0.15) is 5.26 Å². The Morgan fingerprint density at radius 1 is 1.30 bits per heavy atom. The number of carbonyl (C=O) groups is 1. The third-order valence-corrected chi connectivity index (χ3v) is 5.85. The summed E-state index contributed by atoms with van der Waals surface area (Å²) >= 11 is 3.15. The van der Waals surface area contributed by atoms with Gasteiger partial charge in [0.25, 0.3) is 0 Å². The van der Waals surface area contributed by atoms with E-state index in [1.54, 1.807) is 29.2 Å². The van der Waals surface area contributed by atoms with Crippen molar-refractivity contribution in [2.45, 2.75) is 24.8 Å². The number of thiazole rings is 1. The van der Waals surface area contributed by atoms with E-state index in [4.69, 9.17) is 10.00 Å². The zero-order valence-corrected chi connectivity index (χ0v) is 18.1. The Balaban J connectivity index is 1.58. The zero-order chi connectivity index (χ0) is 21.2. The molecule has 5 nitrogen and oxygen atoms in total. The van der Waals surface area contributed by atoms with Gasteiger partial charge in [0.05, 0.1) is 22.5 Å². The monoisotopic (exact) mass is 435 g/mol. The molecule has 2 aromatic carbocycles. The lowest BCUT2D eigenvalue weighted by Gasteiger charge is -2.08. The van der Waals surface area contributed by atoms with Crippen molar-refractivity contribution in [1.82, 2.24) is 4.98 Å². The first-order chi connectivity index (χ1) is 14.6. The van der Waals surface area contributed by atoms with Crippen LogP contribution in [0.5, 0.6) is 5.75 Å². The number of hydrogen-bond acceptors (Lipinski definition) is 6. The third-order valence-electron chi connectivity index (χ3n) is 3.95. The summed E-state index contributed by atoms with van der Waals surface area (Å²) in [7, 11) is 0. The molecule has 7 heteroatoms. The number of thioether (sulfide) groups is 1. The van der Waals surface area contributed by atoms with Gasteiger partial charge in [-0.1, -0.05) is 24.3 Å². The number of aryl methyl sites for hydroxylation is 1. The van der Waals surface area contributed by atoms with Gasteiger partial charge in [-0.25, -0.2) is 4.98 Å². The number of nitrogens with one attached hydrogen (secondary N) is 1. The Labute approximate surface area is 184 Å². The maximum absolute atomic E-state index is 12.4. The van der Waals surface area contributed by atoms with Gasteiger partial charge >= 0.3 is 0 Å². The van der Waals surface area contributed by atoms with E-state index in [0.717, 1.165) is 32.6 Å². The maximum Gasteiger partial charge on any atom is 0.248 e. The summed E-state index contributed by atoms with van der Waals surface area (Å²) in [4.78, 5) is 17.7. The van der Waals surface area contributed by atoms with E-state index in [1.165, 1.54) is 6.08 Å². The first-order valence-corrected chi connectivity index (χ1v) is 11.2. The summed E-state index contributed by atoms with van der Waals surface area (Å²) < 4.78 is 5.80. The molecule has 3 aromatic rings. The van der Waals surface area contributed by atoms with E-state index in [0.29, 0.717) is 18.8 Å². The summed E-state index contributed by atoms with van der Waals surface area (Å²) in [5.74, 6) is 1.20. The highest BCUT2D eigenvalue weighted by molar-refractivity contribution is 7.99. The van der Waals surface area contributed by atoms with E-state index >= 15 is 0 Å². The van der Waals surface area contributed by atoms with Crippen LogP contribution >= 0.6 is 23.1 Å². The zero-order valence-electron chi connectivity index (χ0n) is 16.5. The number of carbonyl (C=O) groups excluding carboxylic acids is 1. The largest absolute Gasteiger partial charge is 0.487 e. The van der Waals surface area contributed by atoms with Crippen molar-refractivity contribution in [2.24, 2.45) is 0 Å². The van der Waals surface area contributed by atoms with E-state index in [-0.39, 0.29) is 5.91 Å². The van der Waals surface area contributed by atoms with Crippen molar-refractivity contribution in [3.63, 3.8) is 0 Å². The Bertz CT molecular complexity index is 1070. The second kappa shape index (κ2) is 11.2.